The Labute approximate surface area is 95.0 Å². The van der Waals surface area contributed by atoms with Crippen molar-refractivity contribution in [2.75, 3.05) is 12.8 Å². The standard InChI is InChI=1S/C11H17N3O2/c1-8(2)13(3)7-9-6-10(14(15)16)4-5-11(9)12/h4-6,8H,7,12H2,1-3H3. The zero-order valence-corrected chi connectivity index (χ0v) is 9.80. The van der Waals surface area contributed by atoms with Gasteiger partial charge in [0.15, 0.2) is 0 Å². The minimum atomic E-state index is -0.404. The fourth-order valence-electron chi connectivity index (χ4n) is 1.29. The van der Waals surface area contributed by atoms with Crippen LogP contribution in [0, 0.1) is 10.1 Å². The zero-order valence-electron chi connectivity index (χ0n) is 9.80. The van der Waals surface area contributed by atoms with Crippen LogP contribution in [0.5, 0.6) is 0 Å². The molecule has 0 radical (unpaired) electrons. The average molecular weight is 223 g/mol. The first kappa shape index (κ1) is 12.4. The Hall–Kier alpha value is -1.62. The van der Waals surface area contributed by atoms with E-state index in [1.807, 2.05) is 7.05 Å². The van der Waals surface area contributed by atoms with Gasteiger partial charge in [-0.25, -0.2) is 0 Å². The number of nitro groups is 1. The number of anilines is 1. The molecule has 5 nitrogen and oxygen atoms in total. The third kappa shape index (κ3) is 2.93. The van der Waals surface area contributed by atoms with Crippen molar-refractivity contribution in [1.29, 1.82) is 0 Å². The Morgan fingerprint density at radius 3 is 2.62 bits per heavy atom. The van der Waals surface area contributed by atoms with Gasteiger partial charge in [0.05, 0.1) is 4.92 Å². The lowest BCUT2D eigenvalue weighted by atomic mass is 10.1. The highest BCUT2D eigenvalue weighted by atomic mass is 16.6. The first-order chi connectivity index (χ1) is 7.41. The maximum atomic E-state index is 10.6. The van der Waals surface area contributed by atoms with E-state index in [-0.39, 0.29) is 5.69 Å². The van der Waals surface area contributed by atoms with Crippen LogP contribution in [0.1, 0.15) is 19.4 Å². The molecule has 0 saturated heterocycles. The highest BCUT2D eigenvalue weighted by Gasteiger charge is 2.11. The second-order valence-electron chi connectivity index (χ2n) is 4.15. The number of nitrogen functional groups attached to an aromatic ring is 1. The topological polar surface area (TPSA) is 72.4 Å². The lowest BCUT2D eigenvalue weighted by molar-refractivity contribution is -0.384. The molecular formula is C11H17N3O2. The number of non-ortho nitro benzene ring substituents is 1. The average Bonchev–Trinajstić information content (AvgIpc) is 2.20. The second kappa shape index (κ2) is 4.94. The molecule has 0 amide bonds. The SMILES string of the molecule is CC(C)N(C)Cc1cc([N+](=O)[O-])ccc1N. The fourth-order valence-corrected chi connectivity index (χ4v) is 1.29. The van der Waals surface area contributed by atoms with Gasteiger partial charge in [-0.1, -0.05) is 0 Å². The molecule has 0 atom stereocenters. The van der Waals surface area contributed by atoms with E-state index in [4.69, 9.17) is 5.73 Å². The molecule has 0 unspecified atom stereocenters. The summed E-state index contributed by atoms with van der Waals surface area (Å²) in [7, 11) is 1.96. The first-order valence-corrected chi connectivity index (χ1v) is 5.15. The molecule has 88 valence electrons. The number of benzene rings is 1. The van der Waals surface area contributed by atoms with Gasteiger partial charge in [0.2, 0.25) is 0 Å². The largest absolute Gasteiger partial charge is 0.398 e. The van der Waals surface area contributed by atoms with Crippen molar-refractivity contribution < 1.29 is 4.92 Å². The molecule has 16 heavy (non-hydrogen) atoms. The van der Waals surface area contributed by atoms with Gasteiger partial charge in [-0.3, -0.25) is 15.0 Å². The minimum absolute atomic E-state index is 0.0846. The van der Waals surface area contributed by atoms with Gasteiger partial charge in [0.25, 0.3) is 5.69 Å². The third-order valence-electron chi connectivity index (χ3n) is 2.64. The van der Waals surface area contributed by atoms with E-state index in [0.717, 1.165) is 5.56 Å². The maximum Gasteiger partial charge on any atom is 0.269 e. The number of nitrogens with two attached hydrogens (primary N) is 1. The summed E-state index contributed by atoms with van der Waals surface area (Å²) in [6, 6.07) is 4.92. The summed E-state index contributed by atoms with van der Waals surface area (Å²) in [5.41, 5.74) is 7.27. The summed E-state index contributed by atoms with van der Waals surface area (Å²) in [6.07, 6.45) is 0. The predicted molar refractivity (Wildman–Crippen MR) is 64.1 cm³/mol. The molecule has 0 saturated carbocycles. The molecule has 0 aliphatic heterocycles. The fraction of sp³-hybridized carbons (Fsp3) is 0.455. The summed E-state index contributed by atoms with van der Waals surface area (Å²) < 4.78 is 0. The van der Waals surface area contributed by atoms with Gasteiger partial charge in [-0.2, -0.15) is 0 Å². The lowest BCUT2D eigenvalue weighted by Crippen LogP contribution is -2.26. The Morgan fingerprint density at radius 1 is 1.50 bits per heavy atom. The molecule has 1 rings (SSSR count). The van der Waals surface area contributed by atoms with Crippen molar-refractivity contribution >= 4 is 11.4 Å². The van der Waals surface area contributed by atoms with E-state index in [1.54, 1.807) is 6.07 Å². The van der Waals surface area contributed by atoms with Crippen LogP contribution in [0.4, 0.5) is 11.4 Å². The normalized spacial score (nSPS) is 11.1. The van der Waals surface area contributed by atoms with E-state index in [2.05, 4.69) is 18.7 Å². The maximum absolute atomic E-state index is 10.6. The van der Waals surface area contributed by atoms with Crippen LogP contribution in [0.2, 0.25) is 0 Å². The molecule has 0 heterocycles. The Bertz CT molecular complexity index is 391. The Kier molecular flexibility index (Phi) is 3.84. The number of hydrogen-bond donors (Lipinski definition) is 1. The van der Waals surface area contributed by atoms with E-state index in [1.165, 1.54) is 12.1 Å². The van der Waals surface area contributed by atoms with Crippen LogP contribution in [-0.2, 0) is 6.54 Å². The summed E-state index contributed by atoms with van der Waals surface area (Å²) in [6.45, 7) is 4.74. The third-order valence-corrected chi connectivity index (χ3v) is 2.64. The van der Waals surface area contributed by atoms with Gasteiger partial charge in [-0.05, 0) is 32.5 Å². The number of rotatable bonds is 4. The van der Waals surface area contributed by atoms with E-state index in [0.29, 0.717) is 18.3 Å². The quantitative estimate of drug-likeness (QED) is 0.481. The molecule has 1 aromatic rings. The molecule has 1 aromatic carbocycles. The van der Waals surface area contributed by atoms with Crippen LogP contribution in [0.25, 0.3) is 0 Å². The summed E-state index contributed by atoms with van der Waals surface area (Å²) >= 11 is 0. The molecular weight excluding hydrogens is 206 g/mol. The van der Waals surface area contributed by atoms with Gasteiger partial charge in [-0.15, -0.1) is 0 Å². The van der Waals surface area contributed by atoms with Crippen molar-refractivity contribution in [2.24, 2.45) is 0 Å². The number of nitro benzene ring substituents is 1. The minimum Gasteiger partial charge on any atom is -0.398 e. The predicted octanol–water partition coefficient (Wildman–Crippen LogP) is 2.02. The highest BCUT2D eigenvalue weighted by Crippen LogP contribution is 2.21. The molecule has 0 aromatic heterocycles. The Balaban J connectivity index is 2.94. The number of hydrogen-bond acceptors (Lipinski definition) is 4. The molecule has 5 heteroatoms. The smallest absolute Gasteiger partial charge is 0.269 e. The van der Waals surface area contributed by atoms with Gasteiger partial charge in [0.1, 0.15) is 0 Å². The van der Waals surface area contributed by atoms with Crippen LogP contribution >= 0.6 is 0 Å². The van der Waals surface area contributed by atoms with Gasteiger partial charge < -0.3 is 5.73 Å². The van der Waals surface area contributed by atoms with Crippen LogP contribution in [0.15, 0.2) is 18.2 Å². The second-order valence-corrected chi connectivity index (χ2v) is 4.15. The summed E-state index contributed by atoms with van der Waals surface area (Å²) in [5.74, 6) is 0. The van der Waals surface area contributed by atoms with Crippen LogP contribution < -0.4 is 5.73 Å². The van der Waals surface area contributed by atoms with Gasteiger partial charge in [0, 0.05) is 30.4 Å². The molecule has 0 spiro atoms. The van der Waals surface area contributed by atoms with Crippen LogP contribution in [-0.4, -0.2) is 22.9 Å². The van der Waals surface area contributed by atoms with Crippen molar-refractivity contribution in [3.8, 4) is 0 Å². The van der Waals surface area contributed by atoms with Crippen molar-refractivity contribution in [3.63, 3.8) is 0 Å². The van der Waals surface area contributed by atoms with Crippen molar-refractivity contribution in [3.05, 3.63) is 33.9 Å². The molecule has 0 aliphatic rings. The van der Waals surface area contributed by atoms with E-state index in [9.17, 15) is 10.1 Å². The highest BCUT2D eigenvalue weighted by molar-refractivity contribution is 5.52. The summed E-state index contributed by atoms with van der Waals surface area (Å²) in [5, 5.41) is 10.6. The molecule has 2 N–H and O–H groups in total. The molecule has 0 bridgehead atoms. The lowest BCUT2D eigenvalue weighted by Gasteiger charge is -2.21. The summed E-state index contributed by atoms with van der Waals surface area (Å²) in [4.78, 5) is 12.3. The van der Waals surface area contributed by atoms with Crippen molar-refractivity contribution in [1.82, 2.24) is 4.90 Å². The molecule has 0 aliphatic carbocycles. The Morgan fingerprint density at radius 2 is 2.12 bits per heavy atom. The molecule has 0 fully saturated rings. The first-order valence-electron chi connectivity index (χ1n) is 5.15. The van der Waals surface area contributed by atoms with E-state index >= 15 is 0 Å². The zero-order chi connectivity index (χ0) is 12.3. The van der Waals surface area contributed by atoms with E-state index < -0.39 is 4.92 Å². The van der Waals surface area contributed by atoms with Crippen molar-refractivity contribution in [2.45, 2.75) is 26.4 Å². The number of nitrogens with zero attached hydrogens (tertiary/aromatic N) is 2. The van der Waals surface area contributed by atoms with Gasteiger partial charge >= 0.3 is 0 Å². The van der Waals surface area contributed by atoms with Crippen LogP contribution in [0.3, 0.4) is 0 Å². The monoisotopic (exact) mass is 223 g/mol.